The molecule has 0 bridgehead atoms. The monoisotopic (exact) mass is 425 g/mol. The van der Waals surface area contributed by atoms with Crippen LogP contribution in [-0.2, 0) is 17.8 Å². The molecule has 2 aliphatic heterocycles. The Morgan fingerprint density at radius 3 is 2.74 bits per heavy atom. The van der Waals surface area contributed by atoms with E-state index in [-0.39, 0.29) is 5.82 Å². The summed E-state index contributed by atoms with van der Waals surface area (Å²) in [4.78, 5) is 11.2. The first-order valence-corrected chi connectivity index (χ1v) is 10.1. The number of ether oxygens (including phenoxy) is 1. The summed E-state index contributed by atoms with van der Waals surface area (Å²) in [5.74, 6) is 0.985. The highest BCUT2D eigenvalue weighted by molar-refractivity contribution is 5.74. The Morgan fingerprint density at radius 1 is 1.26 bits per heavy atom. The maximum atomic E-state index is 13.1. The number of nitrogens with zero attached hydrogens (tertiary/aromatic N) is 5. The topological polar surface area (TPSA) is 100 Å². The van der Waals surface area contributed by atoms with Crippen molar-refractivity contribution in [2.24, 2.45) is 0 Å². The fourth-order valence-corrected chi connectivity index (χ4v) is 3.92. The van der Waals surface area contributed by atoms with Crippen LogP contribution in [0.3, 0.4) is 0 Å². The lowest BCUT2D eigenvalue weighted by Crippen LogP contribution is -2.72. The fraction of sp³-hybridized carbons (Fsp3) is 0.381. The average Bonchev–Trinajstić information content (AvgIpc) is 3.15. The van der Waals surface area contributed by atoms with Gasteiger partial charge in [0.1, 0.15) is 17.0 Å². The van der Waals surface area contributed by atoms with E-state index in [0.29, 0.717) is 32.3 Å². The van der Waals surface area contributed by atoms with Crippen molar-refractivity contribution in [2.75, 3.05) is 35.8 Å². The Balaban J connectivity index is 1.29. The molecule has 0 saturated carbocycles. The third-order valence-corrected chi connectivity index (χ3v) is 5.95. The summed E-state index contributed by atoms with van der Waals surface area (Å²) >= 11 is 0. The van der Waals surface area contributed by atoms with Crippen molar-refractivity contribution >= 4 is 17.5 Å². The Labute approximate surface area is 178 Å². The second-order valence-electron chi connectivity index (χ2n) is 8.06. The van der Waals surface area contributed by atoms with E-state index in [9.17, 15) is 9.50 Å². The van der Waals surface area contributed by atoms with E-state index < -0.39 is 11.8 Å². The van der Waals surface area contributed by atoms with Gasteiger partial charge >= 0.3 is 0 Å². The van der Waals surface area contributed by atoms with Gasteiger partial charge in [0.2, 0.25) is 5.95 Å². The first kappa shape index (κ1) is 19.7. The molecule has 162 valence electrons. The summed E-state index contributed by atoms with van der Waals surface area (Å²) < 4.78 is 20.2. The molecule has 10 heteroatoms. The normalized spacial score (nSPS) is 19.0. The lowest BCUT2D eigenvalue weighted by Gasteiger charge is -2.54. The quantitative estimate of drug-likeness (QED) is 0.568. The third kappa shape index (κ3) is 3.47. The first-order chi connectivity index (χ1) is 14.9. The second-order valence-corrected chi connectivity index (χ2v) is 8.06. The second kappa shape index (κ2) is 7.47. The van der Waals surface area contributed by atoms with Crippen LogP contribution in [0.5, 0.6) is 0 Å². The summed E-state index contributed by atoms with van der Waals surface area (Å²) in [5, 5.41) is 21.3. The van der Waals surface area contributed by atoms with E-state index in [1.165, 1.54) is 12.1 Å². The number of rotatable bonds is 5. The molecule has 9 nitrogen and oxygen atoms in total. The molecule has 1 fully saturated rings. The Bertz CT molecular complexity index is 1100. The molecule has 31 heavy (non-hydrogen) atoms. The summed E-state index contributed by atoms with van der Waals surface area (Å²) in [5.41, 5.74) is 2.92. The standard InChI is InChI=1S/C21H24FN7O2/c1-13-17-18(28(2)21(11-31-12-21)19(30)26-17)27-20(25-13)23-7-15-8-24-29(10-15)9-14-3-5-16(22)6-4-14/h3-6,8,10,19,26,30H,7,9,11-12H2,1-2H3,(H,23,25,27). The smallest absolute Gasteiger partial charge is 0.225 e. The van der Waals surface area contributed by atoms with Gasteiger partial charge in [0.05, 0.1) is 31.6 Å². The van der Waals surface area contributed by atoms with Gasteiger partial charge < -0.3 is 25.4 Å². The number of hydrogen-bond acceptors (Lipinski definition) is 8. The summed E-state index contributed by atoms with van der Waals surface area (Å²) in [7, 11) is 1.92. The lowest BCUT2D eigenvalue weighted by atomic mass is 9.90. The largest absolute Gasteiger partial charge is 0.376 e. The number of benzene rings is 1. The fourth-order valence-electron chi connectivity index (χ4n) is 3.92. The van der Waals surface area contributed by atoms with Gasteiger partial charge in [-0.15, -0.1) is 0 Å². The van der Waals surface area contributed by atoms with E-state index in [0.717, 1.165) is 28.3 Å². The molecule has 1 atom stereocenters. The number of likely N-dealkylation sites (N-methyl/N-ethyl adjacent to an activating group) is 1. The molecule has 1 spiro atoms. The SMILES string of the molecule is Cc1nc(NCc2cnn(Cc3ccc(F)cc3)c2)nc2c1NC(O)C1(COC1)N2C. The molecule has 3 N–H and O–H groups in total. The molecule has 0 radical (unpaired) electrons. The molecule has 2 aliphatic rings. The van der Waals surface area contributed by atoms with Gasteiger partial charge in [0.15, 0.2) is 12.0 Å². The van der Waals surface area contributed by atoms with Gasteiger partial charge in [-0.1, -0.05) is 12.1 Å². The van der Waals surface area contributed by atoms with Crippen LogP contribution in [0.1, 0.15) is 16.8 Å². The minimum Gasteiger partial charge on any atom is -0.376 e. The molecule has 5 rings (SSSR count). The van der Waals surface area contributed by atoms with Crippen LogP contribution in [0.2, 0.25) is 0 Å². The van der Waals surface area contributed by atoms with E-state index in [2.05, 4.69) is 25.7 Å². The van der Waals surface area contributed by atoms with Crippen LogP contribution in [-0.4, -0.2) is 56.9 Å². The molecule has 0 amide bonds. The van der Waals surface area contributed by atoms with Crippen molar-refractivity contribution in [1.82, 2.24) is 19.7 Å². The molecule has 1 saturated heterocycles. The van der Waals surface area contributed by atoms with Crippen molar-refractivity contribution in [1.29, 1.82) is 0 Å². The number of hydrogen-bond donors (Lipinski definition) is 3. The zero-order valence-corrected chi connectivity index (χ0v) is 17.3. The van der Waals surface area contributed by atoms with E-state index in [4.69, 9.17) is 4.74 Å². The summed E-state index contributed by atoms with van der Waals surface area (Å²) in [6, 6.07) is 6.39. The van der Waals surface area contributed by atoms with Crippen LogP contribution in [0.15, 0.2) is 36.7 Å². The predicted octanol–water partition coefficient (Wildman–Crippen LogP) is 1.73. The number of aliphatic hydroxyl groups is 1. The van der Waals surface area contributed by atoms with Gasteiger partial charge in [-0.25, -0.2) is 9.37 Å². The Hall–Kier alpha value is -3.24. The van der Waals surface area contributed by atoms with Crippen LogP contribution in [0, 0.1) is 12.7 Å². The van der Waals surface area contributed by atoms with Gasteiger partial charge in [-0.3, -0.25) is 4.68 Å². The number of aliphatic hydroxyl groups excluding tert-OH is 1. The molecule has 3 aromatic rings. The Morgan fingerprint density at radius 2 is 2.03 bits per heavy atom. The van der Waals surface area contributed by atoms with E-state index in [1.54, 1.807) is 18.3 Å². The van der Waals surface area contributed by atoms with Gasteiger partial charge in [-0.05, 0) is 24.6 Å². The summed E-state index contributed by atoms with van der Waals surface area (Å²) in [6.45, 7) is 3.84. The number of aromatic nitrogens is 4. The Kier molecular flexibility index (Phi) is 4.75. The maximum Gasteiger partial charge on any atom is 0.225 e. The number of nitrogens with one attached hydrogen (secondary N) is 2. The van der Waals surface area contributed by atoms with Gasteiger partial charge in [0.25, 0.3) is 0 Å². The number of aryl methyl sites for hydroxylation is 1. The number of anilines is 3. The highest BCUT2D eigenvalue weighted by Gasteiger charge is 2.53. The van der Waals surface area contributed by atoms with E-state index in [1.807, 2.05) is 29.7 Å². The van der Waals surface area contributed by atoms with Crippen LogP contribution < -0.4 is 15.5 Å². The lowest BCUT2D eigenvalue weighted by molar-refractivity contribution is -0.107. The third-order valence-electron chi connectivity index (χ3n) is 5.95. The van der Waals surface area contributed by atoms with Crippen molar-refractivity contribution < 1.29 is 14.2 Å². The van der Waals surface area contributed by atoms with Crippen molar-refractivity contribution in [3.05, 3.63) is 59.3 Å². The van der Waals surface area contributed by atoms with Gasteiger partial charge in [-0.2, -0.15) is 10.1 Å². The number of halogens is 1. The molecule has 0 aliphatic carbocycles. The minimum atomic E-state index is -0.744. The van der Waals surface area contributed by atoms with Crippen LogP contribution in [0.4, 0.5) is 21.8 Å². The molecule has 1 unspecified atom stereocenters. The first-order valence-electron chi connectivity index (χ1n) is 10.1. The van der Waals surface area contributed by atoms with Gasteiger partial charge in [0, 0.05) is 25.4 Å². The van der Waals surface area contributed by atoms with Crippen LogP contribution >= 0.6 is 0 Å². The van der Waals surface area contributed by atoms with Crippen molar-refractivity contribution in [3.63, 3.8) is 0 Å². The zero-order chi connectivity index (χ0) is 21.6. The molecule has 4 heterocycles. The molecule has 1 aromatic carbocycles. The highest BCUT2D eigenvalue weighted by atomic mass is 19.1. The maximum absolute atomic E-state index is 13.1. The van der Waals surface area contributed by atoms with Crippen molar-refractivity contribution in [2.45, 2.75) is 31.8 Å². The molecular formula is C21H24FN7O2. The predicted molar refractivity (Wildman–Crippen MR) is 113 cm³/mol. The zero-order valence-electron chi connectivity index (χ0n) is 17.3. The van der Waals surface area contributed by atoms with Crippen molar-refractivity contribution in [3.8, 4) is 0 Å². The highest BCUT2D eigenvalue weighted by Crippen LogP contribution is 2.41. The molecular weight excluding hydrogens is 401 g/mol. The van der Waals surface area contributed by atoms with Crippen LogP contribution in [0.25, 0.3) is 0 Å². The molecule has 2 aromatic heterocycles. The summed E-state index contributed by atoms with van der Waals surface area (Å²) in [6.07, 6.45) is 2.98. The van der Waals surface area contributed by atoms with E-state index >= 15 is 0 Å². The number of fused-ring (bicyclic) bond motifs is 1. The minimum absolute atomic E-state index is 0.249. The average molecular weight is 425 g/mol.